The summed E-state index contributed by atoms with van der Waals surface area (Å²) in [6.45, 7) is 0. The van der Waals surface area contributed by atoms with Crippen molar-refractivity contribution < 1.29 is 9.90 Å². The van der Waals surface area contributed by atoms with Gasteiger partial charge in [0.25, 0.3) is 0 Å². The van der Waals surface area contributed by atoms with Gasteiger partial charge in [0, 0.05) is 0 Å². The molecule has 0 spiro atoms. The molecule has 14 heavy (non-hydrogen) atoms. The fourth-order valence-electron chi connectivity index (χ4n) is 1.02. The van der Waals surface area contributed by atoms with E-state index in [1.807, 2.05) is 0 Å². The van der Waals surface area contributed by atoms with Crippen LogP contribution in [0, 0.1) is 0 Å². The first-order valence-corrected chi connectivity index (χ1v) is 4.14. The molecule has 0 aliphatic heterocycles. The van der Waals surface area contributed by atoms with E-state index < -0.39 is 11.3 Å². The number of nitrogens with one attached hydrogen (secondary N) is 1. The molecule has 0 fully saturated rings. The minimum atomic E-state index is -1.19. The zero-order chi connectivity index (χ0) is 10.1. The lowest BCUT2D eigenvalue weighted by Gasteiger charge is -1.96. The SMILES string of the molecule is O=C(O)C(Cl)c1nc2ncncc2[nH]1. The standard InChI is InChI=1S/C7H5ClN4O2/c8-4(7(13)14)6-11-3-1-9-2-10-5(3)12-6/h1-2,4H,(H,13,14)(H,9,10,11,12). The van der Waals surface area contributed by atoms with Crippen LogP contribution < -0.4 is 0 Å². The summed E-state index contributed by atoms with van der Waals surface area (Å²) in [4.78, 5) is 24.8. The van der Waals surface area contributed by atoms with Gasteiger partial charge in [-0.1, -0.05) is 0 Å². The molecule has 2 rings (SSSR count). The molecule has 72 valence electrons. The van der Waals surface area contributed by atoms with Gasteiger partial charge in [-0.05, 0) is 0 Å². The van der Waals surface area contributed by atoms with Crippen LogP contribution >= 0.6 is 11.6 Å². The van der Waals surface area contributed by atoms with Crippen molar-refractivity contribution in [2.75, 3.05) is 0 Å². The molecule has 2 heterocycles. The van der Waals surface area contributed by atoms with Crippen LogP contribution in [0.5, 0.6) is 0 Å². The lowest BCUT2D eigenvalue weighted by atomic mass is 10.4. The normalized spacial score (nSPS) is 12.9. The molecule has 0 amide bonds. The molecule has 7 heteroatoms. The number of alkyl halides is 1. The van der Waals surface area contributed by atoms with Gasteiger partial charge in [0.05, 0.1) is 6.20 Å². The first-order chi connectivity index (χ1) is 6.68. The van der Waals surface area contributed by atoms with E-state index in [9.17, 15) is 4.79 Å². The van der Waals surface area contributed by atoms with Crippen LogP contribution in [0.1, 0.15) is 11.2 Å². The van der Waals surface area contributed by atoms with Gasteiger partial charge >= 0.3 is 5.97 Å². The quantitative estimate of drug-likeness (QED) is 0.716. The third kappa shape index (κ3) is 1.39. The van der Waals surface area contributed by atoms with E-state index in [1.165, 1.54) is 12.5 Å². The Balaban J connectivity index is 2.50. The summed E-state index contributed by atoms with van der Waals surface area (Å²) < 4.78 is 0. The number of nitrogens with zero attached hydrogens (tertiary/aromatic N) is 3. The Kier molecular flexibility index (Phi) is 2.05. The van der Waals surface area contributed by atoms with Crippen molar-refractivity contribution in [3.05, 3.63) is 18.3 Å². The molecular weight excluding hydrogens is 208 g/mol. The lowest BCUT2D eigenvalue weighted by molar-refractivity contribution is -0.136. The average Bonchev–Trinajstić information content (AvgIpc) is 2.59. The highest BCUT2D eigenvalue weighted by atomic mass is 35.5. The Hall–Kier alpha value is -1.69. The van der Waals surface area contributed by atoms with E-state index in [-0.39, 0.29) is 5.82 Å². The fourth-order valence-corrected chi connectivity index (χ4v) is 1.12. The largest absolute Gasteiger partial charge is 0.480 e. The van der Waals surface area contributed by atoms with Gasteiger partial charge in [-0.2, -0.15) is 0 Å². The Morgan fingerprint density at radius 2 is 2.43 bits per heavy atom. The molecule has 1 unspecified atom stereocenters. The van der Waals surface area contributed by atoms with Gasteiger partial charge < -0.3 is 10.1 Å². The monoisotopic (exact) mass is 212 g/mol. The van der Waals surface area contributed by atoms with Crippen LogP contribution in [0.4, 0.5) is 0 Å². The second-order valence-electron chi connectivity index (χ2n) is 2.58. The summed E-state index contributed by atoms with van der Waals surface area (Å²) in [5.41, 5.74) is 0.969. The Morgan fingerprint density at radius 1 is 1.64 bits per heavy atom. The van der Waals surface area contributed by atoms with Gasteiger partial charge in [-0.3, -0.25) is 4.79 Å². The summed E-state index contributed by atoms with van der Waals surface area (Å²) in [5.74, 6) is -0.992. The van der Waals surface area contributed by atoms with E-state index in [1.54, 1.807) is 0 Å². The highest BCUT2D eigenvalue weighted by molar-refractivity contribution is 6.29. The van der Waals surface area contributed by atoms with Crippen molar-refractivity contribution in [2.45, 2.75) is 5.38 Å². The summed E-state index contributed by atoms with van der Waals surface area (Å²) in [5, 5.41) is 7.44. The maximum Gasteiger partial charge on any atom is 0.329 e. The van der Waals surface area contributed by atoms with Crippen molar-refractivity contribution in [3.63, 3.8) is 0 Å². The molecule has 1 atom stereocenters. The predicted octanol–water partition coefficient (Wildman–Crippen LogP) is 0.717. The number of halogens is 1. The van der Waals surface area contributed by atoms with Gasteiger partial charge in [-0.15, -0.1) is 11.6 Å². The number of H-pyrrole nitrogens is 1. The van der Waals surface area contributed by atoms with E-state index in [4.69, 9.17) is 16.7 Å². The molecule has 0 aliphatic rings. The first-order valence-electron chi connectivity index (χ1n) is 3.71. The number of hydrogen-bond acceptors (Lipinski definition) is 4. The number of aromatic amines is 1. The zero-order valence-electron chi connectivity index (χ0n) is 6.81. The number of rotatable bonds is 2. The van der Waals surface area contributed by atoms with Gasteiger partial charge in [0.15, 0.2) is 11.0 Å². The van der Waals surface area contributed by atoms with Crippen LogP contribution in [0.3, 0.4) is 0 Å². The lowest BCUT2D eigenvalue weighted by Crippen LogP contribution is -2.06. The number of aliphatic carboxylic acids is 1. The minimum Gasteiger partial charge on any atom is -0.480 e. The molecule has 2 N–H and O–H groups in total. The summed E-state index contributed by atoms with van der Waals surface area (Å²) in [7, 11) is 0. The van der Waals surface area contributed by atoms with Crippen molar-refractivity contribution in [1.82, 2.24) is 19.9 Å². The van der Waals surface area contributed by atoms with Crippen LogP contribution in [0.15, 0.2) is 12.5 Å². The number of hydrogen-bond donors (Lipinski definition) is 2. The highest BCUT2D eigenvalue weighted by Crippen LogP contribution is 2.19. The molecular formula is C7H5ClN4O2. The third-order valence-corrected chi connectivity index (χ3v) is 2.03. The van der Waals surface area contributed by atoms with E-state index in [0.29, 0.717) is 11.2 Å². The number of fused-ring (bicyclic) bond motifs is 1. The fraction of sp³-hybridized carbons (Fsp3) is 0.143. The molecule has 0 radical (unpaired) electrons. The molecule has 2 aromatic heterocycles. The van der Waals surface area contributed by atoms with E-state index in [0.717, 1.165) is 0 Å². The summed E-state index contributed by atoms with van der Waals surface area (Å²) in [6, 6.07) is 0. The molecule has 0 bridgehead atoms. The van der Waals surface area contributed by atoms with Crippen LogP contribution in [0.25, 0.3) is 11.2 Å². The second kappa shape index (κ2) is 3.22. The van der Waals surface area contributed by atoms with Crippen LogP contribution in [0.2, 0.25) is 0 Å². The van der Waals surface area contributed by atoms with Crippen molar-refractivity contribution in [1.29, 1.82) is 0 Å². The third-order valence-electron chi connectivity index (χ3n) is 1.64. The smallest absolute Gasteiger partial charge is 0.329 e. The first kappa shape index (κ1) is 8.89. The van der Waals surface area contributed by atoms with Crippen molar-refractivity contribution in [2.24, 2.45) is 0 Å². The summed E-state index contributed by atoms with van der Waals surface area (Å²) >= 11 is 5.57. The zero-order valence-corrected chi connectivity index (χ0v) is 7.56. The molecule has 6 nitrogen and oxygen atoms in total. The Labute approximate surface area is 83.0 Å². The van der Waals surface area contributed by atoms with Crippen molar-refractivity contribution >= 4 is 28.7 Å². The minimum absolute atomic E-state index is 0.162. The highest BCUT2D eigenvalue weighted by Gasteiger charge is 2.20. The van der Waals surface area contributed by atoms with Gasteiger partial charge in [0.2, 0.25) is 0 Å². The van der Waals surface area contributed by atoms with Crippen molar-refractivity contribution in [3.8, 4) is 0 Å². The van der Waals surface area contributed by atoms with Gasteiger partial charge in [0.1, 0.15) is 17.7 Å². The molecule has 0 aromatic carbocycles. The van der Waals surface area contributed by atoms with Crippen LogP contribution in [-0.4, -0.2) is 31.0 Å². The predicted molar refractivity (Wildman–Crippen MR) is 47.9 cm³/mol. The van der Waals surface area contributed by atoms with Crippen LogP contribution in [-0.2, 0) is 4.79 Å². The number of imidazole rings is 1. The maximum atomic E-state index is 10.5. The maximum absolute atomic E-state index is 10.5. The number of aromatic nitrogens is 4. The number of carboxylic acids is 1. The average molecular weight is 213 g/mol. The Morgan fingerprint density at radius 3 is 3.07 bits per heavy atom. The van der Waals surface area contributed by atoms with Gasteiger partial charge in [-0.25, -0.2) is 15.0 Å². The molecule has 0 aliphatic carbocycles. The topological polar surface area (TPSA) is 91.8 Å². The molecule has 0 saturated carbocycles. The second-order valence-corrected chi connectivity index (χ2v) is 3.02. The van der Waals surface area contributed by atoms with E-state index >= 15 is 0 Å². The Bertz CT molecular complexity index is 450. The number of carbonyl (C=O) groups is 1. The van der Waals surface area contributed by atoms with E-state index in [2.05, 4.69) is 19.9 Å². The molecule has 0 saturated heterocycles. The summed E-state index contributed by atoms with van der Waals surface area (Å²) in [6.07, 6.45) is 2.83. The molecule has 2 aromatic rings. The number of carboxylic acid groups (broad SMARTS) is 1.